The second kappa shape index (κ2) is 8.48. The lowest BCUT2D eigenvalue weighted by Crippen LogP contribution is -2.40. The Balaban J connectivity index is 4.07. The minimum absolute atomic E-state index is 0.291. The third kappa shape index (κ3) is 7.34. The van der Waals surface area contributed by atoms with Crippen molar-refractivity contribution in [1.29, 1.82) is 0 Å². The molecule has 1 atom stereocenters. The lowest BCUT2D eigenvalue weighted by Gasteiger charge is -2.28. The molecule has 2 N–H and O–H groups in total. The topological polar surface area (TPSA) is 55.6 Å². The van der Waals surface area contributed by atoms with Crippen LogP contribution >= 0.6 is 0 Å². The molecule has 4 nitrogen and oxygen atoms in total. The van der Waals surface area contributed by atoms with Crippen molar-refractivity contribution in [2.24, 2.45) is 11.7 Å². The van der Waals surface area contributed by atoms with Gasteiger partial charge < -0.3 is 15.4 Å². The molecule has 4 heteroatoms. The molecular weight excluding hydrogens is 216 g/mol. The van der Waals surface area contributed by atoms with Gasteiger partial charge in [-0.15, -0.1) is 0 Å². The highest BCUT2D eigenvalue weighted by Crippen LogP contribution is 2.06. The van der Waals surface area contributed by atoms with Gasteiger partial charge in [-0.2, -0.15) is 0 Å². The highest BCUT2D eigenvalue weighted by atomic mass is 16.5. The molecule has 17 heavy (non-hydrogen) atoms. The van der Waals surface area contributed by atoms with Gasteiger partial charge in [0, 0.05) is 19.1 Å². The summed E-state index contributed by atoms with van der Waals surface area (Å²) in [6.07, 6.45) is 0.656. The molecule has 0 radical (unpaired) electrons. The molecule has 0 spiro atoms. The van der Waals surface area contributed by atoms with Gasteiger partial charge in [-0.1, -0.05) is 13.8 Å². The van der Waals surface area contributed by atoms with Crippen molar-refractivity contribution in [3.63, 3.8) is 0 Å². The summed E-state index contributed by atoms with van der Waals surface area (Å²) in [7, 11) is 0. The fourth-order valence-corrected chi connectivity index (χ4v) is 1.70. The van der Waals surface area contributed by atoms with E-state index < -0.39 is 6.04 Å². The minimum atomic E-state index is -0.497. The highest BCUT2D eigenvalue weighted by molar-refractivity contribution is 5.75. The summed E-state index contributed by atoms with van der Waals surface area (Å²) in [5.41, 5.74) is 5.78. The number of nitrogens with two attached hydrogens (primary N) is 1. The van der Waals surface area contributed by atoms with Crippen LogP contribution < -0.4 is 5.73 Å². The largest absolute Gasteiger partial charge is 0.465 e. The molecule has 0 aliphatic carbocycles. The molecule has 0 aromatic rings. The number of carbonyl (C=O) groups excluding carboxylic acids is 1. The Hall–Kier alpha value is -0.610. The SMILES string of the molecule is CCOC(=O)C(N)CCN(CC(C)C)C(C)C. The molecule has 0 rings (SSSR count). The molecule has 0 bridgehead atoms. The maximum absolute atomic E-state index is 11.4. The second-order valence-corrected chi connectivity index (χ2v) is 5.13. The van der Waals surface area contributed by atoms with Gasteiger partial charge in [-0.05, 0) is 33.1 Å². The number of carbonyl (C=O) groups is 1. The quantitative estimate of drug-likeness (QED) is 0.659. The molecule has 102 valence electrons. The average Bonchev–Trinajstić information content (AvgIpc) is 2.23. The zero-order chi connectivity index (χ0) is 13.4. The molecule has 0 fully saturated rings. The van der Waals surface area contributed by atoms with E-state index in [1.54, 1.807) is 6.92 Å². The van der Waals surface area contributed by atoms with Gasteiger partial charge in [-0.3, -0.25) is 4.79 Å². The van der Waals surface area contributed by atoms with E-state index in [0.717, 1.165) is 13.1 Å². The Labute approximate surface area is 105 Å². The van der Waals surface area contributed by atoms with Gasteiger partial charge in [-0.25, -0.2) is 0 Å². The Morgan fingerprint density at radius 2 is 1.88 bits per heavy atom. The molecule has 0 aromatic carbocycles. The summed E-state index contributed by atoms with van der Waals surface area (Å²) in [6.45, 7) is 12.8. The van der Waals surface area contributed by atoms with Crippen molar-refractivity contribution >= 4 is 5.97 Å². The molecule has 0 heterocycles. The van der Waals surface area contributed by atoms with Crippen LogP contribution in [-0.4, -0.2) is 42.6 Å². The van der Waals surface area contributed by atoms with Gasteiger partial charge in [0.1, 0.15) is 6.04 Å². The van der Waals surface area contributed by atoms with E-state index in [1.165, 1.54) is 0 Å². The van der Waals surface area contributed by atoms with Crippen LogP contribution in [0.25, 0.3) is 0 Å². The second-order valence-electron chi connectivity index (χ2n) is 5.13. The smallest absolute Gasteiger partial charge is 0.322 e. The number of nitrogens with zero attached hydrogens (tertiary/aromatic N) is 1. The molecule has 0 aliphatic heterocycles. The standard InChI is InChI=1S/C13H28N2O2/c1-6-17-13(16)12(14)7-8-15(11(4)5)9-10(2)3/h10-12H,6-9,14H2,1-5H3. The van der Waals surface area contributed by atoms with Gasteiger partial charge in [0.15, 0.2) is 0 Å². The van der Waals surface area contributed by atoms with E-state index in [-0.39, 0.29) is 5.97 Å². The molecule has 0 amide bonds. The van der Waals surface area contributed by atoms with E-state index in [1.807, 2.05) is 0 Å². The normalized spacial score (nSPS) is 13.5. The summed E-state index contributed by atoms with van der Waals surface area (Å²) >= 11 is 0. The van der Waals surface area contributed by atoms with Crippen LogP contribution in [0.1, 0.15) is 41.0 Å². The van der Waals surface area contributed by atoms with E-state index in [9.17, 15) is 4.79 Å². The molecule has 0 saturated heterocycles. The third-order valence-corrected chi connectivity index (χ3v) is 2.65. The van der Waals surface area contributed by atoms with Crippen LogP contribution in [0, 0.1) is 5.92 Å². The first-order valence-electron chi connectivity index (χ1n) is 6.54. The molecule has 0 aromatic heterocycles. The monoisotopic (exact) mass is 244 g/mol. The van der Waals surface area contributed by atoms with Crippen molar-refractivity contribution in [3.8, 4) is 0 Å². The molecule has 0 aliphatic rings. The number of hydrogen-bond acceptors (Lipinski definition) is 4. The van der Waals surface area contributed by atoms with Crippen LogP contribution in [0.15, 0.2) is 0 Å². The Bertz CT molecular complexity index is 217. The fourth-order valence-electron chi connectivity index (χ4n) is 1.70. The highest BCUT2D eigenvalue weighted by Gasteiger charge is 2.17. The van der Waals surface area contributed by atoms with Gasteiger partial charge in [0.05, 0.1) is 6.61 Å². The van der Waals surface area contributed by atoms with Crippen LogP contribution in [0.4, 0.5) is 0 Å². The molecular formula is C13H28N2O2. The zero-order valence-corrected chi connectivity index (χ0v) is 11.9. The molecule has 1 unspecified atom stereocenters. The third-order valence-electron chi connectivity index (χ3n) is 2.65. The Morgan fingerprint density at radius 1 is 1.29 bits per heavy atom. The Kier molecular flexibility index (Phi) is 8.17. The lowest BCUT2D eigenvalue weighted by atomic mass is 10.1. The Morgan fingerprint density at radius 3 is 2.29 bits per heavy atom. The predicted octanol–water partition coefficient (Wildman–Crippen LogP) is 1.63. The predicted molar refractivity (Wildman–Crippen MR) is 70.8 cm³/mol. The van der Waals surface area contributed by atoms with Gasteiger partial charge >= 0.3 is 5.97 Å². The van der Waals surface area contributed by atoms with Gasteiger partial charge in [0.25, 0.3) is 0 Å². The van der Waals surface area contributed by atoms with E-state index in [0.29, 0.717) is 25.0 Å². The number of rotatable bonds is 8. The van der Waals surface area contributed by atoms with Crippen molar-refractivity contribution in [2.75, 3.05) is 19.7 Å². The van der Waals surface area contributed by atoms with Crippen LogP contribution in [0.2, 0.25) is 0 Å². The van der Waals surface area contributed by atoms with Crippen LogP contribution in [-0.2, 0) is 9.53 Å². The van der Waals surface area contributed by atoms with Crippen molar-refractivity contribution < 1.29 is 9.53 Å². The lowest BCUT2D eigenvalue weighted by molar-refractivity contribution is -0.144. The molecule has 0 saturated carbocycles. The maximum atomic E-state index is 11.4. The van der Waals surface area contributed by atoms with Crippen LogP contribution in [0.5, 0.6) is 0 Å². The summed E-state index contributed by atoms with van der Waals surface area (Å²) in [5.74, 6) is 0.331. The maximum Gasteiger partial charge on any atom is 0.322 e. The summed E-state index contributed by atoms with van der Waals surface area (Å²) in [5, 5.41) is 0. The van der Waals surface area contributed by atoms with Crippen molar-refractivity contribution in [3.05, 3.63) is 0 Å². The summed E-state index contributed by atoms with van der Waals surface area (Å²) < 4.78 is 4.90. The zero-order valence-electron chi connectivity index (χ0n) is 11.9. The average molecular weight is 244 g/mol. The number of esters is 1. The summed E-state index contributed by atoms with van der Waals surface area (Å²) in [4.78, 5) is 13.7. The van der Waals surface area contributed by atoms with E-state index in [4.69, 9.17) is 10.5 Å². The van der Waals surface area contributed by atoms with Gasteiger partial charge in [0.2, 0.25) is 0 Å². The van der Waals surface area contributed by atoms with E-state index >= 15 is 0 Å². The summed E-state index contributed by atoms with van der Waals surface area (Å²) in [6, 6.07) is -0.0184. The van der Waals surface area contributed by atoms with Crippen LogP contribution in [0.3, 0.4) is 0 Å². The minimum Gasteiger partial charge on any atom is -0.465 e. The first kappa shape index (κ1) is 16.4. The first-order chi connectivity index (χ1) is 7.88. The fraction of sp³-hybridized carbons (Fsp3) is 0.923. The number of hydrogen-bond donors (Lipinski definition) is 1. The van der Waals surface area contributed by atoms with Crippen molar-refractivity contribution in [1.82, 2.24) is 4.90 Å². The number of ether oxygens (including phenoxy) is 1. The van der Waals surface area contributed by atoms with E-state index in [2.05, 4.69) is 32.6 Å². The first-order valence-corrected chi connectivity index (χ1v) is 6.54. The van der Waals surface area contributed by atoms with Crippen molar-refractivity contribution in [2.45, 2.75) is 53.1 Å².